The number of hydrogen-bond donors (Lipinski definition) is 1. The van der Waals surface area contributed by atoms with Crippen molar-refractivity contribution in [1.29, 1.82) is 0 Å². The van der Waals surface area contributed by atoms with Crippen LogP contribution in [0.3, 0.4) is 0 Å². The van der Waals surface area contributed by atoms with Crippen molar-refractivity contribution < 1.29 is 9.50 Å². The molecule has 108 valence electrons. The number of hydrogen-bond acceptors (Lipinski definition) is 3. The van der Waals surface area contributed by atoms with Crippen LogP contribution in [0.5, 0.6) is 0 Å². The summed E-state index contributed by atoms with van der Waals surface area (Å²) in [5.74, 6) is 0.856. The molecule has 0 unspecified atom stereocenters. The fourth-order valence-corrected chi connectivity index (χ4v) is 3.02. The van der Waals surface area contributed by atoms with Gasteiger partial charge < -0.3 is 9.67 Å². The molecule has 0 saturated carbocycles. The van der Waals surface area contributed by atoms with Crippen LogP contribution in [0.15, 0.2) is 18.2 Å². The minimum atomic E-state index is -0.865. The van der Waals surface area contributed by atoms with Gasteiger partial charge in [0.05, 0.1) is 24.2 Å². The van der Waals surface area contributed by atoms with Gasteiger partial charge >= 0.3 is 0 Å². The molecule has 1 saturated heterocycles. The topological polar surface area (TPSA) is 41.3 Å². The molecule has 4 nitrogen and oxygen atoms in total. The van der Waals surface area contributed by atoms with Crippen molar-refractivity contribution in [3.05, 3.63) is 29.0 Å². The first-order chi connectivity index (χ1) is 9.58. The highest BCUT2D eigenvalue weighted by molar-refractivity contribution is 6.31. The zero-order chi connectivity index (χ0) is 14.3. The van der Waals surface area contributed by atoms with E-state index in [1.807, 2.05) is 34.7 Å². The van der Waals surface area contributed by atoms with Crippen LogP contribution in [0.2, 0.25) is 5.02 Å². The predicted molar refractivity (Wildman–Crippen MR) is 76.5 cm³/mol. The van der Waals surface area contributed by atoms with Crippen LogP contribution in [0.4, 0.5) is 4.39 Å². The Morgan fingerprint density at radius 1 is 1.50 bits per heavy atom. The molecule has 0 radical (unpaired) electrons. The molecule has 2 atom stereocenters. The average Bonchev–Trinajstić information content (AvgIpc) is 2.91. The summed E-state index contributed by atoms with van der Waals surface area (Å²) in [5, 5.41) is 9.98. The highest BCUT2D eigenvalue weighted by Gasteiger charge is 2.32. The van der Waals surface area contributed by atoms with E-state index in [0.29, 0.717) is 24.5 Å². The second kappa shape index (κ2) is 5.31. The largest absolute Gasteiger partial charge is 0.395 e. The van der Waals surface area contributed by atoms with Crippen LogP contribution in [0.25, 0.3) is 11.0 Å². The molecule has 3 rings (SSSR count). The van der Waals surface area contributed by atoms with Gasteiger partial charge in [0.25, 0.3) is 0 Å². The number of halogens is 2. The number of aromatic nitrogens is 2. The van der Waals surface area contributed by atoms with E-state index >= 15 is 0 Å². The van der Waals surface area contributed by atoms with E-state index in [-0.39, 0.29) is 12.6 Å². The van der Waals surface area contributed by atoms with Crippen molar-refractivity contribution in [1.82, 2.24) is 14.5 Å². The first-order valence-electron chi connectivity index (χ1n) is 6.68. The van der Waals surface area contributed by atoms with Gasteiger partial charge in [0, 0.05) is 24.7 Å². The molecule has 0 bridgehead atoms. The summed E-state index contributed by atoms with van der Waals surface area (Å²) < 4.78 is 15.5. The summed E-state index contributed by atoms with van der Waals surface area (Å²) in [6, 6.07) is 5.47. The lowest BCUT2D eigenvalue weighted by Crippen LogP contribution is -2.32. The smallest absolute Gasteiger partial charge is 0.123 e. The van der Waals surface area contributed by atoms with Crippen LogP contribution in [0, 0.1) is 0 Å². The number of nitrogens with zero attached hydrogens (tertiary/aromatic N) is 3. The number of fused-ring (bicyclic) bond motifs is 1. The van der Waals surface area contributed by atoms with Gasteiger partial charge in [0.1, 0.15) is 12.0 Å². The summed E-state index contributed by atoms with van der Waals surface area (Å²) in [7, 11) is 1.94. The number of aryl methyl sites for hydroxylation is 1. The van der Waals surface area contributed by atoms with Gasteiger partial charge in [0.15, 0.2) is 0 Å². The zero-order valence-electron chi connectivity index (χ0n) is 11.3. The second-order valence-corrected chi connectivity index (χ2v) is 5.76. The molecule has 20 heavy (non-hydrogen) atoms. The van der Waals surface area contributed by atoms with E-state index in [0.717, 1.165) is 16.9 Å². The summed E-state index contributed by atoms with van der Waals surface area (Å²) in [6.07, 6.45) is -0.469. The number of aliphatic hydroxyl groups is 1. The molecular weight excluding hydrogens is 281 g/mol. The lowest BCUT2D eigenvalue weighted by Gasteiger charge is -2.21. The second-order valence-electron chi connectivity index (χ2n) is 5.32. The standard InChI is InChI=1S/C14H17ClFN3O/c1-18-13-3-2-9(15)4-12(13)17-14(18)7-19-6-10(16)5-11(19)8-20/h2-4,10-11,20H,5-8H2,1H3/t10-,11-/m0/s1. The monoisotopic (exact) mass is 297 g/mol. The maximum atomic E-state index is 13.5. The van der Waals surface area contributed by atoms with Crippen LogP contribution in [-0.4, -0.2) is 44.9 Å². The van der Waals surface area contributed by atoms with Gasteiger partial charge in [-0.3, -0.25) is 4.90 Å². The Balaban J connectivity index is 1.89. The Labute approximate surface area is 121 Å². The van der Waals surface area contributed by atoms with E-state index in [4.69, 9.17) is 11.6 Å². The quantitative estimate of drug-likeness (QED) is 0.943. The predicted octanol–water partition coefficient (Wildman–Crippen LogP) is 2.13. The molecular formula is C14H17ClFN3O. The fourth-order valence-electron chi connectivity index (χ4n) is 2.85. The highest BCUT2D eigenvalue weighted by Crippen LogP contribution is 2.24. The summed E-state index contributed by atoms with van der Waals surface area (Å²) in [5.41, 5.74) is 1.84. The molecule has 1 fully saturated rings. The maximum absolute atomic E-state index is 13.5. The Morgan fingerprint density at radius 3 is 3.05 bits per heavy atom. The van der Waals surface area contributed by atoms with Gasteiger partial charge in [-0.05, 0) is 24.6 Å². The van der Waals surface area contributed by atoms with E-state index in [2.05, 4.69) is 4.98 Å². The number of alkyl halides is 1. The summed E-state index contributed by atoms with van der Waals surface area (Å²) in [6.45, 7) is 0.875. The van der Waals surface area contributed by atoms with Crippen molar-refractivity contribution in [2.75, 3.05) is 13.2 Å². The van der Waals surface area contributed by atoms with E-state index in [1.54, 1.807) is 0 Å². The van der Waals surface area contributed by atoms with Crippen LogP contribution in [-0.2, 0) is 13.6 Å². The molecule has 1 aliphatic rings. The SMILES string of the molecule is Cn1c(CN2C[C@@H](F)C[C@H]2CO)nc2cc(Cl)ccc21. The molecule has 1 aromatic heterocycles. The minimum absolute atomic E-state index is 0.0177. The third-order valence-electron chi connectivity index (χ3n) is 3.97. The van der Waals surface area contributed by atoms with Gasteiger partial charge in [-0.25, -0.2) is 9.37 Å². The molecule has 0 amide bonds. The Kier molecular flexibility index (Phi) is 3.67. The van der Waals surface area contributed by atoms with Gasteiger partial charge in [-0.2, -0.15) is 0 Å². The Morgan fingerprint density at radius 2 is 2.30 bits per heavy atom. The third-order valence-corrected chi connectivity index (χ3v) is 4.20. The number of likely N-dealkylation sites (tertiary alicyclic amines) is 1. The van der Waals surface area contributed by atoms with Crippen molar-refractivity contribution in [2.24, 2.45) is 7.05 Å². The Bertz CT molecular complexity index is 630. The van der Waals surface area contributed by atoms with Crippen molar-refractivity contribution in [3.63, 3.8) is 0 Å². The first kappa shape index (κ1) is 13.8. The number of imidazole rings is 1. The fraction of sp³-hybridized carbons (Fsp3) is 0.500. The highest BCUT2D eigenvalue weighted by atomic mass is 35.5. The molecule has 2 heterocycles. The normalized spacial score (nSPS) is 23.8. The Hall–Kier alpha value is -1.17. The molecule has 0 spiro atoms. The van der Waals surface area contributed by atoms with Gasteiger partial charge in [-0.15, -0.1) is 0 Å². The van der Waals surface area contributed by atoms with E-state index in [9.17, 15) is 9.50 Å². The summed E-state index contributed by atoms with van der Waals surface area (Å²) >= 11 is 5.97. The number of aliphatic hydroxyl groups excluding tert-OH is 1. The van der Waals surface area contributed by atoms with Crippen molar-refractivity contribution >= 4 is 22.6 Å². The molecule has 1 aliphatic heterocycles. The maximum Gasteiger partial charge on any atom is 0.123 e. The average molecular weight is 298 g/mol. The lowest BCUT2D eigenvalue weighted by atomic mass is 10.2. The minimum Gasteiger partial charge on any atom is -0.395 e. The molecule has 6 heteroatoms. The first-order valence-corrected chi connectivity index (χ1v) is 7.06. The van der Waals surface area contributed by atoms with E-state index < -0.39 is 6.17 Å². The van der Waals surface area contributed by atoms with Crippen LogP contribution in [0.1, 0.15) is 12.2 Å². The third kappa shape index (κ3) is 2.41. The lowest BCUT2D eigenvalue weighted by molar-refractivity contribution is 0.150. The number of benzene rings is 1. The molecule has 0 aliphatic carbocycles. The summed E-state index contributed by atoms with van der Waals surface area (Å²) in [4.78, 5) is 6.51. The molecule has 1 aromatic carbocycles. The molecule has 2 aromatic rings. The van der Waals surface area contributed by atoms with Gasteiger partial charge in [-0.1, -0.05) is 11.6 Å². The van der Waals surface area contributed by atoms with Crippen LogP contribution < -0.4 is 0 Å². The van der Waals surface area contributed by atoms with Crippen molar-refractivity contribution in [2.45, 2.75) is 25.2 Å². The van der Waals surface area contributed by atoms with Crippen LogP contribution >= 0.6 is 11.6 Å². The van der Waals surface area contributed by atoms with E-state index in [1.165, 1.54) is 0 Å². The van der Waals surface area contributed by atoms with Crippen molar-refractivity contribution in [3.8, 4) is 0 Å². The van der Waals surface area contributed by atoms with Gasteiger partial charge in [0.2, 0.25) is 0 Å². The zero-order valence-corrected chi connectivity index (χ0v) is 12.0. The number of rotatable bonds is 3. The molecule has 1 N–H and O–H groups in total.